The van der Waals surface area contributed by atoms with E-state index in [-0.39, 0.29) is 23.4 Å². The molecule has 0 radical (unpaired) electrons. The molecular formula is C18H17N3O6. The lowest BCUT2D eigenvalue weighted by Gasteiger charge is -2.15. The average Bonchev–Trinajstić information content (AvgIpc) is 2.61. The number of ether oxygens (including phenoxy) is 1. The summed E-state index contributed by atoms with van der Waals surface area (Å²) in [6.07, 6.45) is 0.0879. The van der Waals surface area contributed by atoms with Crippen molar-refractivity contribution >= 4 is 23.5 Å². The summed E-state index contributed by atoms with van der Waals surface area (Å²) in [5.41, 5.74) is 6.13. The topological polar surface area (TPSA) is 142 Å². The molecule has 0 saturated carbocycles. The Kier molecular flexibility index (Phi) is 6.21. The van der Waals surface area contributed by atoms with Crippen LogP contribution in [0.5, 0.6) is 5.75 Å². The Morgan fingerprint density at radius 1 is 1.11 bits per heavy atom. The van der Waals surface area contributed by atoms with Crippen LogP contribution < -0.4 is 15.8 Å². The van der Waals surface area contributed by atoms with Gasteiger partial charge in [-0.3, -0.25) is 24.5 Å². The van der Waals surface area contributed by atoms with Gasteiger partial charge in [0.1, 0.15) is 11.8 Å². The highest BCUT2D eigenvalue weighted by Crippen LogP contribution is 2.15. The van der Waals surface area contributed by atoms with E-state index in [1.807, 2.05) is 0 Å². The van der Waals surface area contributed by atoms with Crippen LogP contribution in [0, 0.1) is 10.1 Å². The standard InChI is InChI=1S/C18H17N3O6/c1-11(22)27-15-8-4-13(5-9-15)18(24)20-16(17(19)23)10-12-2-6-14(7-3-12)21(25)26/h2-9,16H,10H2,1H3,(H2,19,23)(H,20,24)/t16-/m1/s1. The number of benzene rings is 2. The summed E-state index contributed by atoms with van der Waals surface area (Å²) in [5, 5.41) is 13.2. The zero-order chi connectivity index (χ0) is 20.0. The van der Waals surface area contributed by atoms with Crippen LogP contribution in [0.2, 0.25) is 0 Å². The van der Waals surface area contributed by atoms with Crippen LogP contribution >= 0.6 is 0 Å². The molecule has 1 atom stereocenters. The number of nitrogens with one attached hydrogen (secondary N) is 1. The minimum atomic E-state index is -0.993. The number of nitrogens with two attached hydrogens (primary N) is 1. The fourth-order valence-corrected chi connectivity index (χ4v) is 2.29. The first-order valence-electron chi connectivity index (χ1n) is 7.88. The van der Waals surface area contributed by atoms with Crippen LogP contribution in [0.1, 0.15) is 22.8 Å². The number of esters is 1. The van der Waals surface area contributed by atoms with Crippen molar-refractivity contribution in [3.05, 3.63) is 69.8 Å². The first kappa shape index (κ1) is 19.6. The fraction of sp³-hybridized carbons (Fsp3) is 0.167. The average molecular weight is 371 g/mol. The molecule has 0 heterocycles. The summed E-state index contributed by atoms with van der Waals surface area (Å²) in [5.74, 6) is -1.46. The van der Waals surface area contributed by atoms with Gasteiger partial charge in [-0.2, -0.15) is 0 Å². The van der Waals surface area contributed by atoms with Gasteiger partial charge in [0.05, 0.1) is 4.92 Å². The second kappa shape index (κ2) is 8.56. The van der Waals surface area contributed by atoms with E-state index in [4.69, 9.17) is 10.5 Å². The first-order chi connectivity index (χ1) is 12.8. The van der Waals surface area contributed by atoms with E-state index in [1.165, 1.54) is 55.5 Å². The van der Waals surface area contributed by atoms with Crippen molar-refractivity contribution in [1.29, 1.82) is 0 Å². The van der Waals surface area contributed by atoms with Gasteiger partial charge in [-0.15, -0.1) is 0 Å². The molecule has 2 aromatic carbocycles. The van der Waals surface area contributed by atoms with E-state index in [1.54, 1.807) is 0 Å². The molecule has 3 N–H and O–H groups in total. The van der Waals surface area contributed by atoms with Crippen LogP contribution in [0.25, 0.3) is 0 Å². The van der Waals surface area contributed by atoms with Crippen molar-refractivity contribution in [2.24, 2.45) is 5.73 Å². The molecular weight excluding hydrogens is 354 g/mol. The van der Waals surface area contributed by atoms with E-state index in [9.17, 15) is 24.5 Å². The monoisotopic (exact) mass is 371 g/mol. The number of hydrogen-bond acceptors (Lipinski definition) is 6. The van der Waals surface area contributed by atoms with Gasteiger partial charge >= 0.3 is 5.97 Å². The molecule has 0 aromatic heterocycles. The summed E-state index contributed by atoms with van der Waals surface area (Å²) in [4.78, 5) is 45.0. The molecule has 2 amide bonds. The Hall–Kier alpha value is -3.75. The van der Waals surface area contributed by atoms with E-state index < -0.39 is 28.7 Å². The molecule has 9 nitrogen and oxygen atoms in total. The SMILES string of the molecule is CC(=O)Oc1ccc(C(=O)N[C@H](Cc2ccc([N+](=O)[O-])cc2)C(N)=O)cc1. The van der Waals surface area contributed by atoms with Gasteiger partial charge in [0.2, 0.25) is 5.91 Å². The number of carbonyl (C=O) groups excluding carboxylic acids is 3. The van der Waals surface area contributed by atoms with Crippen molar-refractivity contribution in [2.75, 3.05) is 0 Å². The quantitative estimate of drug-likeness (QED) is 0.326. The van der Waals surface area contributed by atoms with E-state index in [0.717, 1.165) is 0 Å². The number of nitrogens with zero attached hydrogens (tertiary/aromatic N) is 1. The molecule has 27 heavy (non-hydrogen) atoms. The normalized spacial score (nSPS) is 11.3. The van der Waals surface area contributed by atoms with Crippen molar-refractivity contribution < 1.29 is 24.0 Å². The second-order valence-corrected chi connectivity index (χ2v) is 5.67. The Balaban J connectivity index is 2.06. The van der Waals surface area contributed by atoms with Gasteiger partial charge in [0.25, 0.3) is 11.6 Å². The summed E-state index contributed by atoms with van der Waals surface area (Å²) in [7, 11) is 0. The van der Waals surface area contributed by atoms with Gasteiger partial charge in [0.15, 0.2) is 0 Å². The van der Waals surface area contributed by atoms with Gasteiger partial charge in [0, 0.05) is 31.0 Å². The zero-order valence-corrected chi connectivity index (χ0v) is 14.4. The molecule has 0 unspecified atom stereocenters. The maximum Gasteiger partial charge on any atom is 0.308 e. The van der Waals surface area contributed by atoms with Gasteiger partial charge in [-0.25, -0.2) is 0 Å². The third-order valence-electron chi connectivity index (χ3n) is 3.61. The summed E-state index contributed by atoms with van der Waals surface area (Å²) in [6, 6.07) is 10.4. The van der Waals surface area contributed by atoms with Crippen LogP contribution in [0.15, 0.2) is 48.5 Å². The molecule has 9 heteroatoms. The Bertz CT molecular complexity index is 862. The maximum absolute atomic E-state index is 12.3. The largest absolute Gasteiger partial charge is 0.427 e. The third-order valence-corrected chi connectivity index (χ3v) is 3.61. The van der Waals surface area contributed by atoms with Gasteiger partial charge in [-0.05, 0) is 29.8 Å². The zero-order valence-electron chi connectivity index (χ0n) is 14.4. The van der Waals surface area contributed by atoms with Crippen LogP contribution in [-0.4, -0.2) is 28.7 Å². The number of hydrogen-bond donors (Lipinski definition) is 2. The summed E-state index contributed by atoms with van der Waals surface area (Å²) in [6.45, 7) is 1.26. The molecule has 0 aliphatic carbocycles. The molecule has 0 aliphatic heterocycles. The molecule has 0 spiro atoms. The van der Waals surface area contributed by atoms with Crippen LogP contribution in [-0.2, 0) is 16.0 Å². The summed E-state index contributed by atoms with van der Waals surface area (Å²) >= 11 is 0. The summed E-state index contributed by atoms with van der Waals surface area (Å²) < 4.78 is 4.88. The molecule has 0 fully saturated rings. The molecule has 0 bridgehead atoms. The molecule has 0 saturated heterocycles. The number of nitro groups is 1. The predicted octanol–water partition coefficient (Wildman–Crippen LogP) is 1.35. The molecule has 2 aromatic rings. The number of carbonyl (C=O) groups is 3. The molecule has 2 rings (SSSR count). The highest BCUT2D eigenvalue weighted by atomic mass is 16.6. The fourth-order valence-electron chi connectivity index (χ4n) is 2.29. The first-order valence-corrected chi connectivity index (χ1v) is 7.88. The van der Waals surface area contributed by atoms with Crippen molar-refractivity contribution in [3.8, 4) is 5.75 Å². The van der Waals surface area contributed by atoms with E-state index in [0.29, 0.717) is 5.56 Å². The number of rotatable bonds is 7. The maximum atomic E-state index is 12.3. The number of nitro benzene ring substituents is 1. The molecule has 140 valence electrons. The van der Waals surface area contributed by atoms with Gasteiger partial charge < -0.3 is 15.8 Å². The molecule has 0 aliphatic rings. The van der Waals surface area contributed by atoms with Crippen LogP contribution in [0.4, 0.5) is 5.69 Å². The minimum absolute atomic E-state index is 0.0775. The lowest BCUT2D eigenvalue weighted by molar-refractivity contribution is -0.384. The number of amides is 2. The lowest BCUT2D eigenvalue weighted by atomic mass is 10.0. The number of primary amides is 1. The highest BCUT2D eigenvalue weighted by molar-refractivity contribution is 5.97. The third kappa shape index (κ3) is 5.63. The van der Waals surface area contributed by atoms with Gasteiger partial charge in [-0.1, -0.05) is 12.1 Å². The predicted molar refractivity (Wildman–Crippen MR) is 95.0 cm³/mol. The van der Waals surface area contributed by atoms with Crippen molar-refractivity contribution in [1.82, 2.24) is 5.32 Å². The van der Waals surface area contributed by atoms with Crippen molar-refractivity contribution in [3.63, 3.8) is 0 Å². The highest BCUT2D eigenvalue weighted by Gasteiger charge is 2.20. The number of non-ortho nitro benzene ring substituents is 1. The Morgan fingerprint density at radius 2 is 1.70 bits per heavy atom. The van der Waals surface area contributed by atoms with E-state index in [2.05, 4.69) is 5.32 Å². The van der Waals surface area contributed by atoms with Crippen molar-refractivity contribution in [2.45, 2.75) is 19.4 Å². The minimum Gasteiger partial charge on any atom is -0.427 e. The Labute approximate surface area is 154 Å². The lowest BCUT2D eigenvalue weighted by Crippen LogP contribution is -2.45. The smallest absolute Gasteiger partial charge is 0.308 e. The van der Waals surface area contributed by atoms with Crippen LogP contribution in [0.3, 0.4) is 0 Å². The Morgan fingerprint density at radius 3 is 2.19 bits per heavy atom. The van der Waals surface area contributed by atoms with E-state index >= 15 is 0 Å². The second-order valence-electron chi connectivity index (χ2n) is 5.67.